The molecule has 26 heavy (non-hydrogen) atoms. The van der Waals surface area contributed by atoms with E-state index in [2.05, 4.69) is 34.2 Å². The Kier molecular flexibility index (Phi) is 12.1. The molecule has 0 saturated carbocycles. The molecule has 0 aliphatic carbocycles. The van der Waals surface area contributed by atoms with Gasteiger partial charge in [0.2, 0.25) is 10.0 Å². The molecule has 0 saturated heterocycles. The molecule has 1 aromatic rings. The maximum Gasteiger partial charge on any atom is 0.216 e. The molecular formula is C18H33IN4O2S. The van der Waals surface area contributed by atoms with E-state index in [1.807, 2.05) is 45.0 Å². The number of halogens is 1. The third-order valence-corrected chi connectivity index (χ3v) is 5.10. The Morgan fingerprint density at radius 2 is 1.65 bits per heavy atom. The number of benzene rings is 1. The Morgan fingerprint density at radius 3 is 2.15 bits per heavy atom. The minimum Gasteiger partial charge on any atom is -0.357 e. The number of hydrogen-bond donors (Lipinski definition) is 3. The number of guanidine groups is 1. The fraction of sp³-hybridized carbons (Fsp3) is 0.611. The first-order valence-electron chi connectivity index (χ1n) is 8.88. The average Bonchev–Trinajstić information content (AvgIpc) is 2.52. The SMILES string of the molecule is CCNC(=NCc1ccc(CS(=O)(=O)NC(C)C)cc1)NC(C)CC.I. The summed E-state index contributed by atoms with van der Waals surface area (Å²) in [5, 5.41) is 6.58. The van der Waals surface area contributed by atoms with Crippen LogP contribution in [-0.4, -0.2) is 33.0 Å². The molecule has 0 heterocycles. The quantitative estimate of drug-likeness (QED) is 0.279. The molecule has 0 aromatic heterocycles. The molecule has 0 spiro atoms. The van der Waals surface area contributed by atoms with Crippen LogP contribution in [0.2, 0.25) is 0 Å². The molecule has 8 heteroatoms. The molecule has 1 rings (SSSR count). The van der Waals surface area contributed by atoms with Crippen LogP contribution in [-0.2, 0) is 22.3 Å². The van der Waals surface area contributed by atoms with Crippen molar-refractivity contribution in [2.24, 2.45) is 4.99 Å². The lowest BCUT2D eigenvalue weighted by Crippen LogP contribution is -2.41. The summed E-state index contributed by atoms with van der Waals surface area (Å²) in [4.78, 5) is 4.58. The van der Waals surface area contributed by atoms with Gasteiger partial charge in [0.15, 0.2) is 5.96 Å². The molecule has 1 aromatic carbocycles. The number of aliphatic imine (C=N–C) groups is 1. The fourth-order valence-corrected chi connectivity index (χ4v) is 3.62. The van der Waals surface area contributed by atoms with E-state index in [0.29, 0.717) is 12.6 Å². The van der Waals surface area contributed by atoms with E-state index in [0.717, 1.165) is 30.1 Å². The minimum atomic E-state index is -3.29. The third kappa shape index (κ3) is 10.3. The van der Waals surface area contributed by atoms with Crippen LogP contribution in [0.5, 0.6) is 0 Å². The Labute approximate surface area is 175 Å². The minimum absolute atomic E-state index is 0. The Balaban J connectivity index is 0.00000625. The maximum absolute atomic E-state index is 12.0. The first-order chi connectivity index (χ1) is 11.8. The first kappa shape index (κ1) is 25.1. The van der Waals surface area contributed by atoms with Crippen LogP contribution in [0.4, 0.5) is 0 Å². The van der Waals surface area contributed by atoms with Gasteiger partial charge in [0.1, 0.15) is 0 Å². The molecule has 3 N–H and O–H groups in total. The van der Waals surface area contributed by atoms with Crippen molar-refractivity contribution in [2.45, 2.75) is 65.4 Å². The van der Waals surface area contributed by atoms with Gasteiger partial charge in [-0.15, -0.1) is 24.0 Å². The summed E-state index contributed by atoms with van der Waals surface area (Å²) in [6.45, 7) is 11.3. The van der Waals surface area contributed by atoms with Gasteiger partial charge in [-0.25, -0.2) is 18.1 Å². The van der Waals surface area contributed by atoms with Crippen LogP contribution in [0.25, 0.3) is 0 Å². The number of sulfonamides is 1. The largest absolute Gasteiger partial charge is 0.357 e. The van der Waals surface area contributed by atoms with Gasteiger partial charge in [0, 0.05) is 18.6 Å². The monoisotopic (exact) mass is 496 g/mol. The molecule has 0 bridgehead atoms. The normalized spacial score (nSPS) is 13.2. The van der Waals surface area contributed by atoms with Crippen LogP contribution >= 0.6 is 24.0 Å². The van der Waals surface area contributed by atoms with Crippen LogP contribution in [0.3, 0.4) is 0 Å². The number of rotatable bonds is 9. The second-order valence-electron chi connectivity index (χ2n) is 6.50. The van der Waals surface area contributed by atoms with E-state index in [-0.39, 0.29) is 35.8 Å². The summed E-state index contributed by atoms with van der Waals surface area (Å²) in [6.07, 6.45) is 1.03. The van der Waals surface area contributed by atoms with Crippen LogP contribution < -0.4 is 15.4 Å². The number of hydrogen-bond acceptors (Lipinski definition) is 3. The summed E-state index contributed by atoms with van der Waals surface area (Å²) in [5.41, 5.74) is 1.81. The van der Waals surface area contributed by atoms with Gasteiger partial charge in [-0.2, -0.15) is 0 Å². The van der Waals surface area contributed by atoms with E-state index in [1.54, 1.807) is 0 Å². The molecular weight excluding hydrogens is 463 g/mol. The molecule has 0 amide bonds. The Morgan fingerprint density at radius 1 is 1.08 bits per heavy atom. The highest BCUT2D eigenvalue weighted by Gasteiger charge is 2.12. The number of nitrogens with zero attached hydrogens (tertiary/aromatic N) is 1. The molecule has 1 atom stereocenters. The molecule has 150 valence electrons. The zero-order valence-electron chi connectivity index (χ0n) is 16.4. The van der Waals surface area contributed by atoms with Crippen molar-refractivity contribution in [1.29, 1.82) is 0 Å². The molecule has 0 fully saturated rings. The summed E-state index contributed by atoms with van der Waals surface area (Å²) < 4.78 is 26.5. The highest BCUT2D eigenvalue weighted by molar-refractivity contribution is 14.0. The molecule has 0 aliphatic heterocycles. The smallest absolute Gasteiger partial charge is 0.216 e. The maximum atomic E-state index is 12.0. The topological polar surface area (TPSA) is 82.6 Å². The van der Waals surface area contributed by atoms with E-state index in [9.17, 15) is 8.42 Å². The predicted octanol–water partition coefficient (Wildman–Crippen LogP) is 2.99. The molecule has 0 aliphatic rings. The Hall–Kier alpha value is -0.870. The zero-order chi connectivity index (χ0) is 18.9. The van der Waals surface area contributed by atoms with Crippen molar-refractivity contribution in [3.05, 3.63) is 35.4 Å². The number of nitrogens with one attached hydrogen (secondary N) is 3. The molecule has 6 nitrogen and oxygen atoms in total. The molecule has 1 unspecified atom stereocenters. The summed E-state index contributed by atoms with van der Waals surface area (Å²) >= 11 is 0. The van der Waals surface area contributed by atoms with Crippen LogP contribution in [0.15, 0.2) is 29.3 Å². The van der Waals surface area contributed by atoms with E-state index in [4.69, 9.17) is 0 Å². The van der Waals surface area contributed by atoms with Crippen molar-refractivity contribution >= 4 is 40.0 Å². The van der Waals surface area contributed by atoms with Gasteiger partial charge < -0.3 is 10.6 Å². The fourth-order valence-electron chi connectivity index (χ4n) is 2.19. The lowest BCUT2D eigenvalue weighted by Gasteiger charge is -2.16. The van der Waals surface area contributed by atoms with Crippen molar-refractivity contribution in [2.75, 3.05) is 6.54 Å². The Bertz CT molecular complexity index is 646. The van der Waals surface area contributed by atoms with E-state index >= 15 is 0 Å². The second kappa shape index (κ2) is 12.5. The summed E-state index contributed by atoms with van der Waals surface area (Å²) in [5.74, 6) is 0.789. The van der Waals surface area contributed by atoms with Crippen LogP contribution in [0, 0.1) is 0 Å². The van der Waals surface area contributed by atoms with Crippen molar-refractivity contribution < 1.29 is 8.42 Å². The van der Waals surface area contributed by atoms with Gasteiger partial charge in [0.25, 0.3) is 0 Å². The van der Waals surface area contributed by atoms with Crippen molar-refractivity contribution in [3.63, 3.8) is 0 Å². The van der Waals surface area contributed by atoms with Gasteiger partial charge in [-0.3, -0.25) is 0 Å². The first-order valence-corrected chi connectivity index (χ1v) is 10.5. The third-order valence-electron chi connectivity index (χ3n) is 3.55. The highest BCUT2D eigenvalue weighted by atomic mass is 127. The second-order valence-corrected chi connectivity index (χ2v) is 8.25. The highest BCUT2D eigenvalue weighted by Crippen LogP contribution is 2.09. The summed E-state index contributed by atoms with van der Waals surface area (Å²) in [7, 11) is -3.29. The lowest BCUT2D eigenvalue weighted by atomic mass is 10.1. The van der Waals surface area contributed by atoms with Gasteiger partial charge in [-0.1, -0.05) is 31.2 Å². The van der Waals surface area contributed by atoms with Gasteiger partial charge in [-0.05, 0) is 45.2 Å². The standard InChI is InChI=1S/C18H32N4O2S.HI/c1-6-15(5)21-18(19-7-2)20-12-16-8-10-17(11-9-16)13-25(23,24)22-14(3)4;/h8-11,14-15,22H,6-7,12-13H2,1-5H3,(H2,19,20,21);1H. The van der Waals surface area contributed by atoms with Crippen molar-refractivity contribution in [1.82, 2.24) is 15.4 Å². The van der Waals surface area contributed by atoms with Crippen LogP contribution in [0.1, 0.15) is 52.2 Å². The average molecular weight is 496 g/mol. The van der Waals surface area contributed by atoms with Crippen molar-refractivity contribution in [3.8, 4) is 0 Å². The molecule has 0 radical (unpaired) electrons. The van der Waals surface area contributed by atoms with E-state index in [1.165, 1.54) is 0 Å². The summed E-state index contributed by atoms with van der Waals surface area (Å²) in [6, 6.07) is 7.81. The van der Waals surface area contributed by atoms with Gasteiger partial charge in [0.05, 0.1) is 12.3 Å². The van der Waals surface area contributed by atoms with Gasteiger partial charge >= 0.3 is 0 Å². The zero-order valence-corrected chi connectivity index (χ0v) is 19.5. The lowest BCUT2D eigenvalue weighted by molar-refractivity contribution is 0.569. The predicted molar refractivity (Wildman–Crippen MR) is 120 cm³/mol. The van der Waals surface area contributed by atoms with E-state index < -0.39 is 10.0 Å².